The standard InChI is InChI=1S/C13H11N3O3/c14-9-3-5-10(6-4-9)18-8-12-15-13(19-16-12)11-2-1-7-17-11/h1-7H,8,14H2. The molecule has 0 saturated heterocycles. The summed E-state index contributed by atoms with van der Waals surface area (Å²) in [6, 6.07) is 10.6. The van der Waals surface area contributed by atoms with Crippen molar-refractivity contribution in [3.63, 3.8) is 0 Å². The predicted octanol–water partition coefficient (Wildman–Crippen LogP) is 2.49. The molecular formula is C13H11N3O3. The molecule has 1 aromatic carbocycles. The van der Waals surface area contributed by atoms with Gasteiger partial charge in [0.1, 0.15) is 5.75 Å². The van der Waals surface area contributed by atoms with Gasteiger partial charge in [0.15, 0.2) is 12.4 Å². The molecule has 6 nitrogen and oxygen atoms in total. The van der Waals surface area contributed by atoms with Gasteiger partial charge in [-0.15, -0.1) is 0 Å². The summed E-state index contributed by atoms with van der Waals surface area (Å²) in [5.74, 6) is 2.01. The molecule has 0 fully saturated rings. The molecule has 0 aliphatic carbocycles. The van der Waals surface area contributed by atoms with Crippen molar-refractivity contribution in [1.82, 2.24) is 10.1 Å². The van der Waals surface area contributed by atoms with Gasteiger partial charge in [0.05, 0.1) is 6.26 Å². The fraction of sp³-hybridized carbons (Fsp3) is 0.0769. The van der Waals surface area contributed by atoms with Crippen LogP contribution in [0.15, 0.2) is 51.6 Å². The van der Waals surface area contributed by atoms with Gasteiger partial charge in [-0.2, -0.15) is 4.98 Å². The number of furan rings is 1. The molecule has 3 aromatic rings. The van der Waals surface area contributed by atoms with Crippen molar-refractivity contribution in [2.45, 2.75) is 6.61 Å². The Hall–Kier alpha value is -2.76. The van der Waals surface area contributed by atoms with Crippen LogP contribution in [0.2, 0.25) is 0 Å². The first kappa shape index (κ1) is 11.3. The van der Waals surface area contributed by atoms with Gasteiger partial charge in [-0.25, -0.2) is 0 Å². The first-order chi connectivity index (χ1) is 9.31. The van der Waals surface area contributed by atoms with E-state index in [0.29, 0.717) is 28.9 Å². The number of nitrogen functional groups attached to an aromatic ring is 1. The number of hydrogen-bond donors (Lipinski definition) is 1. The summed E-state index contributed by atoms with van der Waals surface area (Å²) in [6.07, 6.45) is 1.55. The fourth-order valence-electron chi connectivity index (χ4n) is 1.52. The highest BCUT2D eigenvalue weighted by Gasteiger charge is 2.11. The first-order valence-corrected chi connectivity index (χ1v) is 5.66. The molecule has 0 bridgehead atoms. The second-order valence-corrected chi connectivity index (χ2v) is 3.85. The second-order valence-electron chi connectivity index (χ2n) is 3.85. The molecule has 0 aliphatic heterocycles. The van der Waals surface area contributed by atoms with Crippen molar-refractivity contribution in [2.75, 3.05) is 5.73 Å². The maximum Gasteiger partial charge on any atom is 0.293 e. The number of aromatic nitrogens is 2. The maximum atomic E-state index is 5.59. The average molecular weight is 257 g/mol. The Morgan fingerprint density at radius 2 is 2.00 bits per heavy atom. The third kappa shape index (κ3) is 2.57. The van der Waals surface area contributed by atoms with Gasteiger partial charge >= 0.3 is 0 Å². The fourth-order valence-corrected chi connectivity index (χ4v) is 1.52. The molecule has 0 saturated carbocycles. The van der Waals surface area contributed by atoms with E-state index in [9.17, 15) is 0 Å². The Morgan fingerprint density at radius 3 is 2.74 bits per heavy atom. The van der Waals surface area contributed by atoms with Crippen LogP contribution in [0.1, 0.15) is 5.82 Å². The van der Waals surface area contributed by atoms with Crippen molar-refractivity contribution in [3.05, 3.63) is 48.5 Å². The number of rotatable bonds is 4. The minimum absolute atomic E-state index is 0.216. The largest absolute Gasteiger partial charge is 0.485 e. The van der Waals surface area contributed by atoms with Crippen LogP contribution in [0, 0.1) is 0 Å². The molecule has 2 heterocycles. The summed E-state index contributed by atoms with van der Waals surface area (Å²) in [4.78, 5) is 4.16. The Labute approximate surface area is 108 Å². The number of hydrogen-bond acceptors (Lipinski definition) is 6. The lowest BCUT2D eigenvalue weighted by Crippen LogP contribution is -1.97. The van der Waals surface area contributed by atoms with Crippen LogP contribution < -0.4 is 10.5 Å². The van der Waals surface area contributed by atoms with Gasteiger partial charge in [-0.05, 0) is 36.4 Å². The number of anilines is 1. The monoisotopic (exact) mass is 257 g/mol. The lowest BCUT2D eigenvalue weighted by Gasteiger charge is -2.02. The number of nitrogens with zero attached hydrogens (tertiary/aromatic N) is 2. The highest BCUT2D eigenvalue weighted by molar-refractivity contribution is 5.43. The first-order valence-electron chi connectivity index (χ1n) is 5.66. The maximum absolute atomic E-state index is 5.59. The van der Waals surface area contributed by atoms with Crippen molar-refractivity contribution < 1.29 is 13.7 Å². The summed E-state index contributed by atoms with van der Waals surface area (Å²) >= 11 is 0. The highest BCUT2D eigenvalue weighted by atomic mass is 16.5. The zero-order valence-electron chi connectivity index (χ0n) is 9.95. The predicted molar refractivity (Wildman–Crippen MR) is 67.2 cm³/mol. The minimum atomic E-state index is 0.216. The van der Waals surface area contributed by atoms with E-state index in [1.165, 1.54) is 0 Å². The molecule has 6 heteroatoms. The van der Waals surface area contributed by atoms with Crippen molar-refractivity contribution in [1.29, 1.82) is 0 Å². The zero-order chi connectivity index (χ0) is 13.1. The summed E-state index contributed by atoms with van der Waals surface area (Å²) in [5, 5.41) is 3.81. The molecule has 0 aliphatic rings. The number of benzene rings is 1. The van der Waals surface area contributed by atoms with E-state index in [4.69, 9.17) is 19.4 Å². The number of nitrogens with two attached hydrogens (primary N) is 1. The van der Waals surface area contributed by atoms with Gasteiger partial charge in [0.2, 0.25) is 5.82 Å². The van der Waals surface area contributed by atoms with Gasteiger partial charge < -0.3 is 19.4 Å². The van der Waals surface area contributed by atoms with E-state index in [2.05, 4.69) is 10.1 Å². The van der Waals surface area contributed by atoms with E-state index in [1.54, 1.807) is 42.7 Å². The lowest BCUT2D eigenvalue weighted by atomic mass is 10.3. The zero-order valence-corrected chi connectivity index (χ0v) is 9.95. The summed E-state index contributed by atoms with van der Waals surface area (Å²) in [6.45, 7) is 0.216. The van der Waals surface area contributed by atoms with Crippen LogP contribution >= 0.6 is 0 Å². The Bertz CT molecular complexity index is 644. The van der Waals surface area contributed by atoms with Gasteiger partial charge in [-0.3, -0.25) is 0 Å². The third-order valence-corrected chi connectivity index (χ3v) is 2.45. The highest BCUT2D eigenvalue weighted by Crippen LogP contribution is 2.18. The minimum Gasteiger partial charge on any atom is -0.485 e. The molecule has 0 spiro atoms. The molecular weight excluding hydrogens is 246 g/mol. The molecule has 96 valence electrons. The smallest absolute Gasteiger partial charge is 0.293 e. The topological polar surface area (TPSA) is 87.3 Å². The van der Waals surface area contributed by atoms with Crippen LogP contribution in [0.5, 0.6) is 5.75 Å². The second kappa shape index (κ2) is 4.85. The summed E-state index contributed by atoms with van der Waals surface area (Å²) in [5.41, 5.74) is 6.27. The molecule has 19 heavy (non-hydrogen) atoms. The Kier molecular flexibility index (Phi) is 2.89. The van der Waals surface area contributed by atoms with E-state index >= 15 is 0 Å². The van der Waals surface area contributed by atoms with E-state index in [0.717, 1.165) is 0 Å². The van der Waals surface area contributed by atoms with E-state index < -0.39 is 0 Å². The molecule has 2 N–H and O–H groups in total. The SMILES string of the molecule is Nc1ccc(OCc2noc(-c3ccco3)n2)cc1. The van der Waals surface area contributed by atoms with Gasteiger partial charge in [0, 0.05) is 5.69 Å². The van der Waals surface area contributed by atoms with Gasteiger partial charge in [0.25, 0.3) is 5.89 Å². The molecule has 0 atom stereocenters. The Balaban J connectivity index is 1.66. The molecule has 0 amide bonds. The molecule has 0 unspecified atom stereocenters. The van der Waals surface area contributed by atoms with Gasteiger partial charge in [-0.1, -0.05) is 5.16 Å². The average Bonchev–Trinajstić information content (AvgIpc) is 3.09. The van der Waals surface area contributed by atoms with Crippen molar-refractivity contribution in [2.24, 2.45) is 0 Å². The summed E-state index contributed by atoms with van der Waals surface area (Å²) in [7, 11) is 0. The Morgan fingerprint density at radius 1 is 1.16 bits per heavy atom. The molecule has 2 aromatic heterocycles. The van der Waals surface area contributed by atoms with E-state index in [1.807, 2.05) is 0 Å². The molecule has 0 radical (unpaired) electrons. The van der Waals surface area contributed by atoms with Crippen molar-refractivity contribution >= 4 is 5.69 Å². The van der Waals surface area contributed by atoms with Crippen LogP contribution in [0.25, 0.3) is 11.7 Å². The third-order valence-electron chi connectivity index (χ3n) is 2.45. The molecule has 3 rings (SSSR count). The van der Waals surface area contributed by atoms with Crippen LogP contribution in [0.4, 0.5) is 5.69 Å². The number of ether oxygens (including phenoxy) is 1. The van der Waals surface area contributed by atoms with Crippen LogP contribution in [-0.4, -0.2) is 10.1 Å². The van der Waals surface area contributed by atoms with E-state index in [-0.39, 0.29) is 6.61 Å². The summed E-state index contributed by atoms with van der Waals surface area (Å²) < 4.78 is 15.7. The normalized spacial score (nSPS) is 10.5. The van der Waals surface area contributed by atoms with Crippen LogP contribution in [0.3, 0.4) is 0 Å². The quantitative estimate of drug-likeness (QED) is 0.722. The van der Waals surface area contributed by atoms with Crippen LogP contribution in [-0.2, 0) is 6.61 Å². The van der Waals surface area contributed by atoms with Crippen molar-refractivity contribution in [3.8, 4) is 17.4 Å². The lowest BCUT2D eigenvalue weighted by molar-refractivity contribution is 0.287.